The molecule has 1 N–H and O–H groups in total. The van der Waals surface area contributed by atoms with Crippen LogP contribution >= 0.6 is 0 Å². The van der Waals surface area contributed by atoms with Crippen molar-refractivity contribution in [2.45, 2.75) is 25.8 Å². The predicted octanol–water partition coefficient (Wildman–Crippen LogP) is 1.62. The van der Waals surface area contributed by atoms with Gasteiger partial charge >= 0.3 is 0 Å². The van der Waals surface area contributed by atoms with Crippen LogP contribution in [0.1, 0.15) is 19.4 Å². The Morgan fingerprint density at radius 2 is 1.84 bits per heavy atom. The molecule has 0 amide bonds. The van der Waals surface area contributed by atoms with E-state index in [0.717, 1.165) is 31.7 Å². The lowest BCUT2D eigenvalue weighted by atomic mass is 9.91. The van der Waals surface area contributed by atoms with Gasteiger partial charge in [-0.25, -0.2) is 4.39 Å². The zero-order chi connectivity index (χ0) is 13.9. The first-order chi connectivity index (χ1) is 9.00. The molecule has 0 spiro atoms. The quantitative estimate of drug-likeness (QED) is 0.897. The second kappa shape index (κ2) is 5.80. The molecule has 1 aromatic rings. The molecule has 1 aromatic carbocycles. The number of Topliss-reactive ketones (excluding diaryl/α,β-unsaturated/α-hetero) is 1. The molecule has 0 saturated carbocycles. The van der Waals surface area contributed by atoms with Crippen LogP contribution in [0.15, 0.2) is 24.3 Å². The highest BCUT2D eigenvalue weighted by Crippen LogP contribution is 2.19. The Kier molecular flexibility index (Phi) is 4.32. The highest BCUT2D eigenvalue weighted by molar-refractivity contribution is 5.89. The summed E-state index contributed by atoms with van der Waals surface area (Å²) in [6.07, 6.45) is 0.358. The van der Waals surface area contributed by atoms with Gasteiger partial charge in [0.25, 0.3) is 0 Å². The number of hydrogen-bond donors (Lipinski definition) is 1. The summed E-state index contributed by atoms with van der Waals surface area (Å²) in [5.74, 6) is -0.0847. The van der Waals surface area contributed by atoms with Crippen LogP contribution in [-0.2, 0) is 11.2 Å². The molecule has 4 heteroatoms. The van der Waals surface area contributed by atoms with Crippen LogP contribution < -0.4 is 5.32 Å². The van der Waals surface area contributed by atoms with Gasteiger partial charge in [0, 0.05) is 32.6 Å². The summed E-state index contributed by atoms with van der Waals surface area (Å²) < 4.78 is 12.8. The lowest BCUT2D eigenvalue weighted by molar-refractivity contribution is -0.129. The van der Waals surface area contributed by atoms with Crippen LogP contribution in [-0.4, -0.2) is 42.4 Å². The normalized spacial score (nSPS) is 17.4. The highest BCUT2D eigenvalue weighted by Gasteiger charge is 2.34. The van der Waals surface area contributed by atoms with Crippen molar-refractivity contribution in [1.82, 2.24) is 10.2 Å². The molecular weight excluding hydrogens is 243 g/mol. The fraction of sp³-hybridized carbons (Fsp3) is 0.533. The second-order valence-corrected chi connectivity index (χ2v) is 5.52. The molecule has 1 heterocycles. The van der Waals surface area contributed by atoms with Gasteiger partial charge in [-0.3, -0.25) is 9.69 Å². The van der Waals surface area contributed by atoms with Crippen LogP contribution in [0.25, 0.3) is 0 Å². The van der Waals surface area contributed by atoms with Crippen LogP contribution in [0.4, 0.5) is 4.39 Å². The lowest BCUT2D eigenvalue weighted by Gasteiger charge is -2.40. The Balaban J connectivity index is 2.03. The van der Waals surface area contributed by atoms with Gasteiger partial charge in [0.05, 0.1) is 5.54 Å². The zero-order valence-corrected chi connectivity index (χ0v) is 11.6. The molecule has 0 aromatic heterocycles. The van der Waals surface area contributed by atoms with E-state index >= 15 is 0 Å². The number of halogens is 1. The lowest BCUT2D eigenvalue weighted by Crippen LogP contribution is -2.57. The Labute approximate surface area is 113 Å². The predicted molar refractivity (Wildman–Crippen MR) is 73.6 cm³/mol. The molecule has 0 aliphatic carbocycles. The van der Waals surface area contributed by atoms with Crippen molar-refractivity contribution in [3.05, 3.63) is 35.6 Å². The Morgan fingerprint density at radius 3 is 2.42 bits per heavy atom. The third-order valence-corrected chi connectivity index (χ3v) is 3.87. The standard InChI is InChI=1S/C15H21FN2O/c1-15(2,18-9-7-17-8-10-18)14(19)11-12-3-5-13(16)6-4-12/h3-6,17H,7-11H2,1-2H3. The third-order valence-electron chi connectivity index (χ3n) is 3.87. The minimum Gasteiger partial charge on any atom is -0.314 e. The van der Waals surface area contributed by atoms with E-state index < -0.39 is 5.54 Å². The SMILES string of the molecule is CC(C)(C(=O)Cc1ccc(F)cc1)N1CCNCC1. The molecule has 3 nitrogen and oxygen atoms in total. The third kappa shape index (κ3) is 3.39. The van der Waals surface area contributed by atoms with Gasteiger partial charge in [-0.15, -0.1) is 0 Å². The zero-order valence-electron chi connectivity index (χ0n) is 11.6. The molecule has 0 radical (unpaired) electrons. The highest BCUT2D eigenvalue weighted by atomic mass is 19.1. The number of nitrogens with zero attached hydrogens (tertiary/aromatic N) is 1. The van der Waals surface area contributed by atoms with Gasteiger partial charge in [0.2, 0.25) is 0 Å². The van der Waals surface area contributed by atoms with Crippen molar-refractivity contribution in [3.63, 3.8) is 0 Å². The molecule has 2 rings (SSSR count). The number of piperazine rings is 1. The van der Waals surface area contributed by atoms with Gasteiger partial charge in [-0.1, -0.05) is 12.1 Å². The second-order valence-electron chi connectivity index (χ2n) is 5.52. The number of ketones is 1. The summed E-state index contributed by atoms with van der Waals surface area (Å²) in [6.45, 7) is 7.58. The minimum absolute atomic E-state index is 0.181. The molecule has 0 bridgehead atoms. The maximum Gasteiger partial charge on any atom is 0.156 e. The smallest absolute Gasteiger partial charge is 0.156 e. The number of rotatable bonds is 4. The summed E-state index contributed by atoms with van der Waals surface area (Å²) in [7, 11) is 0. The van der Waals surface area contributed by atoms with Crippen molar-refractivity contribution in [3.8, 4) is 0 Å². The number of benzene rings is 1. The molecule has 0 unspecified atom stereocenters. The summed E-state index contributed by atoms with van der Waals surface area (Å²) in [4.78, 5) is 14.7. The van der Waals surface area contributed by atoms with Crippen molar-refractivity contribution < 1.29 is 9.18 Å². The first kappa shape index (κ1) is 14.2. The van der Waals surface area contributed by atoms with Crippen molar-refractivity contribution in [2.75, 3.05) is 26.2 Å². The molecule has 19 heavy (non-hydrogen) atoms. The van der Waals surface area contributed by atoms with Gasteiger partial charge in [0.15, 0.2) is 5.78 Å². The maximum atomic E-state index is 12.8. The van der Waals surface area contributed by atoms with E-state index in [1.807, 2.05) is 13.8 Å². The molecule has 104 valence electrons. The van der Waals surface area contributed by atoms with Crippen LogP contribution in [0.2, 0.25) is 0 Å². The summed E-state index contributed by atoms with van der Waals surface area (Å²) in [5.41, 5.74) is 0.408. The van der Waals surface area contributed by atoms with E-state index in [0.29, 0.717) is 6.42 Å². The number of hydrogen-bond acceptors (Lipinski definition) is 3. The number of nitrogens with one attached hydrogen (secondary N) is 1. The van der Waals surface area contributed by atoms with Crippen molar-refractivity contribution >= 4 is 5.78 Å². The van der Waals surface area contributed by atoms with Gasteiger partial charge < -0.3 is 5.32 Å². The fourth-order valence-corrected chi connectivity index (χ4v) is 2.40. The van der Waals surface area contributed by atoms with E-state index in [2.05, 4.69) is 10.2 Å². The Bertz CT molecular complexity index is 436. The summed E-state index contributed by atoms with van der Waals surface area (Å²) in [6, 6.07) is 6.17. The average Bonchev–Trinajstić information content (AvgIpc) is 2.42. The molecule has 1 aliphatic rings. The van der Waals surface area contributed by atoms with Gasteiger partial charge in [0.1, 0.15) is 5.82 Å². The Hall–Kier alpha value is -1.26. The monoisotopic (exact) mass is 264 g/mol. The maximum absolute atomic E-state index is 12.8. The van der Waals surface area contributed by atoms with E-state index in [-0.39, 0.29) is 11.6 Å². The van der Waals surface area contributed by atoms with E-state index in [4.69, 9.17) is 0 Å². The summed E-state index contributed by atoms with van der Waals surface area (Å²) >= 11 is 0. The average molecular weight is 264 g/mol. The van der Waals surface area contributed by atoms with Gasteiger partial charge in [-0.05, 0) is 31.5 Å². The first-order valence-electron chi connectivity index (χ1n) is 6.73. The van der Waals surface area contributed by atoms with E-state index in [9.17, 15) is 9.18 Å². The van der Waals surface area contributed by atoms with Crippen molar-refractivity contribution in [2.24, 2.45) is 0 Å². The Morgan fingerprint density at radius 1 is 1.26 bits per heavy atom. The van der Waals surface area contributed by atoms with Crippen LogP contribution in [0, 0.1) is 5.82 Å². The molecular formula is C15H21FN2O. The molecule has 0 atom stereocenters. The minimum atomic E-state index is -0.462. The summed E-state index contributed by atoms with van der Waals surface area (Å²) in [5, 5.41) is 3.29. The first-order valence-corrected chi connectivity index (χ1v) is 6.73. The van der Waals surface area contributed by atoms with Gasteiger partial charge in [-0.2, -0.15) is 0 Å². The molecule has 1 fully saturated rings. The molecule has 1 aliphatic heterocycles. The van der Waals surface area contributed by atoms with Crippen molar-refractivity contribution in [1.29, 1.82) is 0 Å². The fourth-order valence-electron chi connectivity index (χ4n) is 2.40. The largest absolute Gasteiger partial charge is 0.314 e. The van der Waals surface area contributed by atoms with Crippen LogP contribution in [0.3, 0.4) is 0 Å². The van der Waals surface area contributed by atoms with E-state index in [1.165, 1.54) is 12.1 Å². The molecule has 1 saturated heterocycles. The number of carbonyl (C=O) groups is 1. The number of carbonyl (C=O) groups excluding carboxylic acids is 1. The van der Waals surface area contributed by atoms with E-state index in [1.54, 1.807) is 12.1 Å². The van der Waals surface area contributed by atoms with Crippen LogP contribution in [0.5, 0.6) is 0 Å². The topological polar surface area (TPSA) is 32.3 Å².